The number of thiophene rings is 1. The first-order chi connectivity index (χ1) is 13.6. The first-order valence-electron chi connectivity index (χ1n) is 9.13. The Morgan fingerprint density at radius 1 is 1.21 bits per heavy atom. The van der Waals surface area contributed by atoms with Gasteiger partial charge in [-0.2, -0.15) is 0 Å². The Kier molecular flexibility index (Phi) is 5.37. The molecule has 1 amide bonds. The smallest absolute Gasteiger partial charge is 0.229 e. The Labute approximate surface area is 172 Å². The number of hydrogen-bond acceptors (Lipinski definition) is 6. The lowest BCUT2D eigenvalue weighted by atomic mass is 10.0. The van der Waals surface area contributed by atoms with Gasteiger partial charge in [-0.15, -0.1) is 22.7 Å². The van der Waals surface area contributed by atoms with Crippen LogP contribution in [0.1, 0.15) is 29.1 Å². The van der Waals surface area contributed by atoms with Crippen LogP contribution in [0.15, 0.2) is 35.0 Å². The first-order valence-corrected chi connectivity index (χ1v) is 10.9. The van der Waals surface area contributed by atoms with Gasteiger partial charge in [-0.1, -0.05) is 0 Å². The second-order valence-electron chi connectivity index (χ2n) is 6.70. The van der Waals surface area contributed by atoms with Gasteiger partial charge in [-0.05, 0) is 48.6 Å². The lowest BCUT2D eigenvalue weighted by Gasteiger charge is -2.33. The highest BCUT2D eigenvalue weighted by Gasteiger charge is 2.28. The number of nitrogens with zero attached hydrogens (tertiary/aromatic N) is 2. The van der Waals surface area contributed by atoms with Crippen LogP contribution < -0.4 is 9.47 Å². The fourth-order valence-electron chi connectivity index (χ4n) is 3.60. The number of thiazole rings is 1. The quantitative estimate of drug-likeness (QED) is 0.613. The molecule has 3 aromatic rings. The monoisotopic (exact) mass is 414 g/mol. The molecule has 1 aliphatic rings. The summed E-state index contributed by atoms with van der Waals surface area (Å²) in [6.45, 7) is 2.89. The molecule has 1 atom stereocenters. The molecule has 0 saturated heterocycles. The van der Waals surface area contributed by atoms with E-state index in [9.17, 15) is 4.79 Å². The van der Waals surface area contributed by atoms with E-state index >= 15 is 0 Å². The summed E-state index contributed by atoms with van der Waals surface area (Å²) in [6.07, 6.45) is 1.27. The maximum Gasteiger partial charge on any atom is 0.229 e. The van der Waals surface area contributed by atoms with Crippen LogP contribution in [0.5, 0.6) is 11.5 Å². The van der Waals surface area contributed by atoms with Crippen molar-refractivity contribution in [2.45, 2.75) is 25.8 Å². The topological polar surface area (TPSA) is 51.7 Å². The van der Waals surface area contributed by atoms with E-state index in [4.69, 9.17) is 9.47 Å². The minimum atomic E-state index is 0.131. The molecule has 1 aromatic carbocycles. The summed E-state index contributed by atoms with van der Waals surface area (Å²) in [4.78, 5) is 21.0. The van der Waals surface area contributed by atoms with Crippen molar-refractivity contribution in [1.29, 1.82) is 0 Å². The number of aromatic nitrogens is 1. The maximum absolute atomic E-state index is 12.9. The second kappa shape index (κ2) is 7.93. The molecule has 0 spiro atoms. The zero-order valence-corrected chi connectivity index (χ0v) is 17.7. The Morgan fingerprint density at radius 2 is 2.04 bits per heavy atom. The van der Waals surface area contributed by atoms with Crippen LogP contribution in [0.4, 0.5) is 0 Å². The Bertz CT molecular complexity index is 995. The van der Waals surface area contributed by atoms with Gasteiger partial charge in [0.15, 0.2) is 11.5 Å². The summed E-state index contributed by atoms with van der Waals surface area (Å²) in [5.74, 6) is 1.49. The van der Waals surface area contributed by atoms with E-state index in [1.807, 2.05) is 28.5 Å². The SMILES string of the molecule is COc1ccc(-c2nc(CC(=O)N3CCc4sccc4C3C)cs2)cc1OC. The third kappa shape index (κ3) is 3.52. The van der Waals surface area contributed by atoms with Crippen LogP contribution in [0.25, 0.3) is 10.6 Å². The molecule has 146 valence electrons. The summed E-state index contributed by atoms with van der Waals surface area (Å²) in [6, 6.07) is 8.01. The van der Waals surface area contributed by atoms with Crippen molar-refractivity contribution in [3.63, 3.8) is 0 Å². The number of carbonyl (C=O) groups is 1. The molecule has 0 radical (unpaired) electrons. The highest BCUT2D eigenvalue weighted by Crippen LogP contribution is 2.35. The van der Waals surface area contributed by atoms with E-state index < -0.39 is 0 Å². The molecule has 28 heavy (non-hydrogen) atoms. The van der Waals surface area contributed by atoms with E-state index in [1.165, 1.54) is 21.8 Å². The second-order valence-corrected chi connectivity index (χ2v) is 8.56. The lowest BCUT2D eigenvalue weighted by molar-refractivity contribution is -0.133. The number of ether oxygens (including phenoxy) is 2. The molecule has 5 nitrogen and oxygen atoms in total. The highest BCUT2D eigenvalue weighted by molar-refractivity contribution is 7.13. The van der Waals surface area contributed by atoms with Crippen LogP contribution in [0.2, 0.25) is 0 Å². The van der Waals surface area contributed by atoms with E-state index in [1.54, 1.807) is 25.6 Å². The predicted octanol–water partition coefficient (Wildman–Crippen LogP) is 4.58. The minimum Gasteiger partial charge on any atom is -0.493 e. The number of fused-ring (bicyclic) bond motifs is 1. The molecule has 1 unspecified atom stereocenters. The van der Waals surface area contributed by atoms with Crippen molar-refractivity contribution in [1.82, 2.24) is 9.88 Å². The van der Waals surface area contributed by atoms with Gasteiger partial charge in [-0.3, -0.25) is 4.79 Å². The molecule has 0 N–H and O–H groups in total. The largest absolute Gasteiger partial charge is 0.493 e. The van der Waals surface area contributed by atoms with E-state index in [0.29, 0.717) is 17.9 Å². The molecular weight excluding hydrogens is 392 g/mol. The maximum atomic E-state index is 12.9. The van der Waals surface area contributed by atoms with E-state index in [2.05, 4.69) is 23.4 Å². The number of benzene rings is 1. The van der Waals surface area contributed by atoms with Crippen molar-refractivity contribution < 1.29 is 14.3 Å². The zero-order valence-electron chi connectivity index (χ0n) is 16.1. The fourth-order valence-corrected chi connectivity index (χ4v) is 5.38. The van der Waals surface area contributed by atoms with Crippen LogP contribution in [-0.4, -0.2) is 36.6 Å². The fraction of sp³-hybridized carbons (Fsp3) is 0.333. The molecule has 0 fully saturated rings. The Balaban J connectivity index is 1.49. The van der Waals surface area contributed by atoms with Gasteiger partial charge in [0.05, 0.1) is 32.4 Å². The minimum absolute atomic E-state index is 0.131. The van der Waals surface area contributed by atoms with Gasteiger partial charge in [0.2, 0.25) is 5.91 Å². The molecule has 7 heteroatoms. The molecule has 0 saturated carbocycles. The average Bonchev–Trinajstić information content (AvgIpc) is 3.37. The van der Waals surface area contributed by atoms with Crippen molar-refractivity contribution in [2.75, 3.05) is 20.8 Å². The standard InChI is InChI=1S/C21H22N2O3S2/c1-13-16-7-9-27-19(16)6-8-23(13)20(24)11-15-12-28-21(22-15)14-4-5-17(25-2)18(10-14)26-3/h4-5,7,9-10,12-13H,6,8,11H2,1-3H3. The van der Waals surface area contributed by atoms with Crippen LogP contribution in [0, 0.1) is 0 Å². The summed E-state index contributed by atoms with van der Waals surface area (Å²) < 4.78 is 10.7. The Hall–Kier alpha value is -2.38. The van der Waals surface area contributed by atoms with Gasteiger partial charge < -0.3 is 14.4 Å². The number of methoxy groups -OCH3 is 2. The van der Waals surface area contributed by atoms with Crippen molar-refractivity contribution in [2.24, 2.45) is 0 Å². The molecule has 3 heterocycles. The van der Waals surface area contributed by atoms with Gasteiger partial charge in [0.1, 0.15) is 5.01 Å². The van der Waals surface area contributed by atoms with Gasteiger partial charge in [0, 0.05) is 22.4 Å². The third-order valence-electron chi connectivity index (χ3n) is 5.11. The van der Waals surface area contributed by atoms with Gasteiger partial charge in [-0.25, -0.2) is 4.98 Å². The summed E-state index contributed by atoms with van der Waals surface area (Å²) >= 11 is 3.32. The average molecular weight is 415 g/mol. The van der Waals surface area contributed by atoms with Crippen LogP contribution >= 0.6 is 22.7 Å². The van der Waals surface area contributed by atoms with Crippen molar-refractivity contribution in [3.05, 3.63) is 51.2 Å². The molecule has 0 bridgehead atoms. The van der Waals surface area contributed by atoms with E-state index in [-0.39, 0.29) is 11.9 Å². The number of amides is 1. The summed E-state index contributed by atoms with van der Waals surface area (Å²) in [5.41, 5.74) is 3.05. The van der Waals surface area contributed by atoms with Gasteiger partial charge >= 0.3 is 0 Å². The lowest BCUT2D eigenvalue weighted by Crippen LogP contribution is -2.39. The van der Waals surface area contributed by atoms with Crippen LogP contribution in [0.3, 0.4) is 0 Å². The number of rotatable bonds is 5. The first kappa shape index (κ1) is 19.0. The molecule has 4 rings (SSSR count). The van der Waals surface area contributed by atoms with Crippen molar-refractivity contribution >= 4 is 28.6 Å². The molecular formula is C21H22N2O3S2. The summed E-state index contributed by atoms with van der Waals surface area (Å²) in [7, 11) is 3.23. The normalized spacial score (nSPS) is 16.0. The van der Waals surface area contributed by atoms with Crippen LogP contribution in [-0.2, 0) is 17.6 Å². The number of carbonyl (C=O) groups excluding carboxylic acids is 1. The number of hydrogen-bond donors (Lipinski definition) is 0. The zero-order chi connectivity index (χ0) is 19.7. The molecule has 2 aromatic heterocycles. The molecule has 0 aliphatic carbocycles. The van der Waals surface area contributed by atoms with Crippen molar-refractivity contribution in [3.8, 4) is 22.1 Å². The van der Waals surface area contributed by atoms with E-state index in [0.717, 1.165) is 29.2 Å². The van der Waals surface area contributed by atoms with Gasteiger partial charge in [0.25, 0.3) is 0 Å². The predicted molar refractivity (Wildman–Crippen MR) is 113 cm³/mol. The Morgan fingerprint density at radius 3 is 2.82 bits per heavy atom. The highest BCUT2D eigenvalue weighted by atomic mass is 32.1. The molecule has 1 aliphatic heterocycles. The third-order valence-corrected chi connectivity index (χ3v) is 7.05. The summed E-state index contributed by atoms with van der Waals surface area (Å²) in [5, 5.41) is 4.95.